The number of allylic oxidation sites excluding steroid dienone is 10. The molecule has 0 spiro atoms. The van der Waals surface area contributed by atoms with Crippen LogP contribution >= 0.6 is 0 Å². The van der Waals surface area contributed by atoms with E-state index in [2.05, 4.69) is 135 Å². The maximum atomic E-state index is 4.06. The fourth-order valence-electron chi connectivity index (χ4n) is 4.58. The number of anilines is 2. The van der Waals surface area contributed by atoms with Gasteiger partial charge < -0.3 is 9.80 Å². The van der Waals surface area contributed by atoms with Crippen LogP contribution in [-0.4, -0.2) is 12.6 Å². The van der Waals surface area contributed by atoms with Gasteiger partial charge in [-0.15, -0.1) is 13.2 Å². The maximum absolute atomic E-state index is 4.06. The van der Waals surface area contributed by atoms with Crippen LogP contribution < -0.4 is 9.80 Å². The minimum atomic E-state index is 0.180. The lowest BCUT2D eigenvalue weighted by Gasteiger charge is -2.31. The molecule has 196 valence electrons. The summed E-state index contributed by atoms with van der Waals surface area (Å²) in [6.07, 6.45) is 23.9. The summed E-state index contributed by atoms with van der Waals surface area (Å²) >= 11 is 0. The molecule has 0 radical (unpaired) electrons. The molecule has 0 amide bonds. The van der Waals surface area contributed by atoms with Gasteiger partial charge in [0.05, 0.1) is 0 Å². The van der Waals surface area contributed by atoms with Crippen molar-refractivity contribution < 1.29 is 0 Å². The van der Waals surface area contributed by atoms with Crippen molar-refractivity contribution in [2.45, 2.75) is 46.1 Å². The van der Waals surface area contributed by atoms with Crippen molar-refractivity contribution in [3.63, 3.8) is 0 Å². The van der Waals surface area contributed by atoms with Gasteiger partial charge >= 0.3 is 0 Å². The highest BCUT2D eigenvalue weighted by Crippen LogP contribution is 2.35. The number of hydrogen-bond donors (Lipinski definition) is 0. The number of nitrogens with zero attached hydrogens (tertiary/aromatic N) is 2. The minimum Gasteiger partial charge on any atom is -0.342 e. The van der Waals surface area contributed by atoms with Gasteiger partial charge in [-0.2, -0.15) is 0 Å². The lowest BCUT2D eigenvalue weighted by molar-refractivity contribution is 0.845. The number of benzene rings is 2. The van der Waals surface area contributed by atoms with Gasteiger partial charge in [-0.25, -0.2) is 0 Å². The average molecular weight is 503 g/mol. The Labute approximate surface area is 230 Å². The first-order chi connectivity index (χ1) is 18.5. The maximum Gasteiger partial charge on any atom is 0.0488 e. The first-order valence-corrected chi connectivity index (χ1v) is 13.4. The van der Waals surface area contributed by atoms with E-state index in [0.29, 0.717) is 0 Å². The minimum absolute atomic E-state index is 0.180. The molecule has 2 heteroatoms. The lowest BCUT2D eigenvalue weighted by atomic mass is 10.0. The molecule has 0 saturated carbocycles. The van der Waals surface area contributed by atoms with E-state index in [1.54, 1.807) is 0 Å². The van der Waals surface area contributed by atoms with Crippen LogP contribution in [0.3, 0.4) is 0 Å². The molecule has 0 N–H and O–H groups in total. The fourth-order valence-corrected chi connectivity index (χ4v) is 4.58. The topological polar surface area (TPSA) is 6.48 Å². The smallest absolute Gasteiger partial charge is 0.0488 e. The van der Waals surface area contributed by atoms with E-state index in [1.165, 1.54) is 28.0 Å². The van der Waals surface area contributed by atoms with E-state index in [9.17, 15) is 0 Å². The van der Waals surface area contributed by atoms with Crippen LogP contribution in [-0.2, 0) is 0 Å². The summed E-state index contributed by atoms with van der Waals surface area (Å²) in [7, 11) is 0. The predicted octanol–water partition coefficient (Wildman–Crippen LogP) is 9.94. The summed E-state index contributed by atoms with van der Waals surface area (Å²) < 4.78 is 0. The molecule has 1 unspecified atom stereocenters. The van der Waals surface area contributed by atoms with Gasteiger partial charge in [0.25, 0.3) is 0 Å². The molecule has 0 aromatic heterocycles. The molecule has 1 heterocycles. The predicted molar refractivity (Wildman–Crippen MR) is 169 cm³/mol. The second-order valence-electron chi connectivity index (χ2n) is 9.65. The zero-order valence-corrected chi connectivity index (χ0v) is 23.3. The van der Waals surface area contributed by atoms with Gasteiger partial charge in [-0.1, -0.05) is 97.2 Å². The molecule has 0 fully saturated rings. The first-order valence-electron chi connectivity index (χ1n) is 13.4. The van der Waals surface area contributed by atoms with E-state index in [0.717, 1.165) is 37.2 Å². The molecule has 1 atom stereocenters. The van der Waals surface area contributed by atoms with Gasteiger partial charge in [-0.05, 0) is 74.9 Å². The standard InChI is InChI=1S/C36H42N2/c1-7-10-20-32-21-15-12-11-14-19-30(5)38(28-32)36-26-34(33-22-16-13-17-23-33)25-35(27-36)37(24-9-3)31(6)29(4)18-8-2/h7-10,12-17,19-20,22-23,25-28,30H,1-3,11,18,21,24H2,4-6H3/b15-12-,19-14-,20-10-,31-29-,32-28-. The van der Waals surface area contributed by atoms with Gasteiger partial charge in [0.1, 0.15) is 0 Å². The van der Waals surface area contributed by atoms with Crippen LogP contribution in [0.15, 0.2) is 146 Å². The second kappa shape index (κ2) is 14.6. The van der Waals surface area contributed by atoms with Crippen LogP contribution in [0.5, 0.6) is 0 Å². The van der Waals surface area contributed by atoms with Crippen LogP contribution in [0.25, 0.3) is 11.1 Å². The van der Waals surface area contributed by atoms with Crippen LogP contribution in [0.2, 0.25) is 0 Å². The Kier molecular flexibility index (Phi) is 11.0. The highest BCUT2D eigenvalue weighted by molar-refractivity contribution is 5.77. The van der Waals surface area contributed by atoms with Gasteiger partial charge in [0.15, 0.2) is 0 Å². The first kappa shape index (κ1) is 28.5. The highest BCUT2D eigenvalue weighted by Gasteiger charge is 2.17. The van der Waals surface area contributed by atoms with E-state index in [-0.39, 0.29) is 6.04 Å². The normalized spacial score (nSPS) is 19.6. The number of rotatable bonds is 10. The molecular weight excluding hydrogens is 460 g/mol. The van der Waals surface area contributed by atoms with Crippen molar-refractivity contribution in [2.75, 3.05) is 16.3 Å². The average Bonchev–Trinajstić information content (AvgIpc) is 2.94. The fraction of sp³-hybridized carbons (Fsp3) is 0.222. The summed E-state index contributed by atoms with van der Waals surface area (Å²) in [5.74, 6) is 0. The summed E-state index contributed by atoms with van der Waals surface area (Å²) in [6, 6.07) is 17.7. The third kappa shape index (κ3) is 7.73. The van der Waals surface area contributed by atoms with Gasteiger partial charge in [0.2, 0.25) is 0 Å². The molecule has 0 bridgehead atoms. The molecule has 2 aromatic carbocycles. The van der Waals surface area contributed by atoms with E-state index >= 15 is 0 Å². The third-order valence-corrected chi connectivity index (χ3v) is 6.80. The van der Waals surface area contributed by atoms with Gasteiger partial charge in [0, 0.05) is 35.9 Å². The Morgan fingerprint density at radius 3 is 2.47 bits per heavy atom. The summed E-state index contributed by atoms with van der Waals surface area (Å²) in [5, 5.41) is 0. The molecule has 2 aromatic rings. The Morgan fingerprint density at radius 2 is 1.76 bits per heavy atom. The Bertz CT molecular complexity index is 1250. The SMILES string of the molecule is C=C/C=C\C1=C\N(c2cc(-c3ccccc3)cc(N(CC=C)/C(C)=C(/C)CC=C)c2)C(C)/C=C\C/C=C\C1. The second-order valence-corrected chi connectivity index (χ2v) is 9.65. The van der Waals surface area contributed by atoms with Crippen molar-refractivity contribution >= 4 is 11.4 Å². The molecule has 1 aliphatic rings. The Morgan fingerprint density at radius 1 is 0.974 bits per heavy atom. The zero-order valence-electron chi connectivity index (χ0n) is 23.3. The third-order valence-electron chi connectivity index (χ3n) is 6.80. The van der Waals surface area contributed by atoms with E-state index < -0.39 is 0 Å². The zero-order chi connectivity index (χ0) is 27.3. The molecule has 38 heavy (non-hydrogen) atoms. The van der Waals surface area contributed by atoms with E-state index in [1.807, 2.05) is 24.3 Å². The lowest BCUT2D eigenvalue weighted by Crippen LogP contribution is -2.28. The molecule has 0 aliphatic carbocycles. The molecule has 0 saturated heterocycles. The van der Waals surface area contributed by atoms with Crippen LogP contribution in [0, 0.1) is 0 Å². The quantitative estimate of drug-likeness (QED) is 0.235. The summed E-state index contributed by atoms with van der Waals surface area (Å²) in [5.41, 5.74) is 8.43. The highest BCUT2D eigenvalue weighted by atomic mass is 15.2. The molecule has 2 nitrogen and oxygen atoms in total. The summed E-state index contributed by atoms with van der Waals surface area (Å²) in [4.78, 5) is 4.74. The monoisotopic (exact) mass is 502 g/mol. The molecule has 3 rings (SSSR count). The van der Waals surface area contributed by atoms with Gasteiger partial charge in [-0.3, -0.25) is 0 Å². The Balaban J connectivity index is 2.27. The van der Waals surface area contributed by atoms with E-state index in [4.69, 9.17) is 0 Å². The van der Waals surface area contributed by atoms with Crippen molar-refractivity contribution in [1.82, 2.24) is 0 Å². The van der Waals surface area contributed by atoms with Crippen molar-refractivity contribution in [2.24, 2.45) is 0 Å². The number of hydrogen-bond acceptors (Lipinski definition) is 2. The van der Waals surface area contributed by atoms with Crippen molar-refractivity contribution in [3.05, 3.63) is 146 Å². The Hall–Kier alpha value is -4.04. The van der Waals surface area contributed by atoms with Crippen molar-refractivity contribution in [1.29, 1.82) is 0 Å². The van der Waals surface area contributed by atoms with Crippen molar-refractivity contribution in [3.8, 4) is 11.1 Å². The molecular formula is C36H42N2. The van der Waals surface area contributed by atoms with Crippen LogP contribution in [0.4, 0.5) is 11.4 Å². The largest absolute Gasteiger partial charge is 0.342 e. The summed E-state index contributed by atoms with van der Waals surface area (Å²) in [6.45, 7) is 19.2. The van der Waals surface area contributed by atoms with Crippen LogP contribution in [0.1, 0.15) is 40.0 Å². The molecule has 1 aliphatic heterocycles.